The van der Waals surface area contributed by atoms with Crippen LogP contribution in [-0.2, 0) is 0 Å². The van der Waals surface area contributed by atoms with Crippen LogP contribution < -0.4 is 9.80 Å². The van der Waals surface area contributed by atoms with Crippen LogP contribution in [-0.4, -0.2) is 0 Å². The van der Waals surface area contributed by atoms with Crippen molar-refractivity contribution in [3.8, 4) is 22.3 Å². The highest BCUT2D eigenvalue weighted by molar-refractivity contribution is 5.78. The highest BCUT2D eigenvalue weighted by Gasteiger charge is 2.23. The molecular formula is C54H48N2. The zero-order valence-corrected chi connectivity index (χ0v) is 31.9. The lowest BCUT2D eigenvalue weighted by Gasteiger charge is -2.33. The Balaban J connectivity index is 0.932. The molecule has 3 aliphatic rings. The van der Waals surface area contributed by atoms with Gasteiger partial charge in [-0.25, -0.2) is 0 Å². The number of allylic oxidation sites excluding steroid dienone is 9. The largest absolute Gasteiger partial charge is 0.315 e. The minimum absolute atomic E-state index is 0.340. The third-order valence-corrected chi connectivity index (χ3v) is 11.6. The van der Waals surface area contributed by atoms with Crippen LogP contribution in [0.4, 0.5) is 22.7 Å². The first kappa shape index (κ1) is 35.3. The highest BCUT2D eigenvalue weighted by atomic mass is 15.2. The standard InChI is InChI=1S/C54H48N2/c1-5-13-41(14-6-1)45-25-33-52(34-26-45)56(53-35-27-46(28-36-53)42-15-7-2-8-16-42)54-39-31-48(32-40-54)44-23-21-43(22-24-44)47-29-37-51(38-30-47)55(49-17-9-3-10-18-49)50-19-11-4-12-20-50/h1,3-7,9-15,17-27,29-31,33-35,37-40,42,48H,2,8,16,28,32,36H2. The summed E-state index contributed by atoms with van der Waals surface area (Å²) in [5.41, 5.74) is 15.1. The Bertz CT molecular complexity index is 2340. The van der Waals surface area contributed by atoms with Gasteiger partial charge in [0.05, 0.1) is 0 Å². The SMILES string of the molecule is C1=CC(C2=CC=C(N(C3=CCC(c4ccc(-c5ccc(N(c6ccccc6)c6ccccc6)cc5)cc4)C=C3)c3ccc(-c4ccccc4)cc3)CC2)CCC1. The maximum absolute atomic E-state index is 2.49. The minimum Gasteiger partial charge on any atom is -0.315 e. The lowest BCUT2D eigenvalue weighted by molar-refractivity contribution is 0.581. The summed E-state index contributed by atoms with van der Waals surface area (Å²) >= 11 is 0. The number of anilines is 4. The van der Waals surface area contributed by atoms with E-state index in [1.807, 2.05) is 0 Å². The number of rotatable bonds is 10. The number of hydrogen-bond acceptors (Lipinski definition) is 2. The van der Waals surface area contributed by atoms with Gasteiger partial charge >= 0.3 is 0 Å². The average molecular weight is 725 g/mol. The second-order valence-electron chi connectivity index (χ2n) is 15.1. The van der Waals surface area contributed by atoms with Gasteiger partial charge in [0.25, 0.3) is 0 Å². The number of benzene rings is 6. The van der Waals surface area contributed by atoms with Crippen molar-refractivity contribution in [1.82, 2.24) is 0 Å². The molecular weight excluding hydrogens is 677 g/mol. The molecule has 0 N–H and O–H groups in total. The van der Waals surface area contributed by atoms with E-state index in [1.54, 1.807) is 5.57 Å². The Morgan fingerprint density at radius 2 is 0.982 bits per heavy atom. The average Bonchev–Trinajstić information content (AvgIpc) is 3.29. The molecule has 0 bridgehead atoms. The van der Waals surface area contributed by atoms with Crippen molar-refractivity contribution < 1.29 is 0 Å². The molecule has 0 saturated carbocycles. The van der Waals surface area contributed by atoms with Crippen LogP contribution in [0, 0.1) is 5.92 Å². The molecule has 0 aliphatic heterocycles. The van der Waals surface area contributed by atoms with Crippen molar-refractivity contribution in [2.24, 2.45) is 5.92 Å². The lowest BCUT2D eigenvalue weighted by Crippen LogP contribution is -2.24. The van der Waals surface area contributed by atoms with E-state index < -0.39 is 0 Å². The maximum atomic E-state index is 2.49. The zero-order chi connectivity index (χ0) is 37.5. The second kappa shape index (κ2) is 16.6. The van der Waals surface area contributed by atoms with Crippen LogP contribution in [0.1, 0.15) is 50.0 Å². The normalized spacial score (nSPS) is 17.8. The first-order chi connectivity index (χ1) is 27.8. The van der Waals surface area contributed by atoms with E-state index in [0.717, 1.165) is 36.3 Å². The first-order valence-corrected chi connectivity index (χ1v) is 20.3. The number of para-hydroxylation sites is 2. The summed E-state index contributed by atoms with van der Waals surface area (Å²) in [6.45, 7) is 0. The van der Waals surface area contributed by atoms with Gasteiger partial charge in [0.15, 0.2) is 0 Å². The van der Waals surface area contributed by atoms with E-state index in [0.29, 0.717) is 11.8 Å². The second-order valence-corrected chi connectivity index (χ2v) is 15.1. The Labute approximate surface area is 332 Å². The van der Waals surface area contributed by atoms with Crippen LogP contribution in [0.25, 0.3) is 22.3 Å². The van der Waals surface area contributed by atoms with Crippen molar-refractivity contribution in [3.63, 3.8) is 0 Å². The molecule has 0 aromatic heterocycles. The van der Waals surface area contributed by atoms with Gasteiger partial charge in [-0.15, -0.1) is 0 Å². The minimum atomic E-state index is 0.340. The summed E-state index contributed by atoms with van der Waals surface area (Å²) < 4.78 is 0. The molecule has 2 heteroatoms. The highest BCUT2D eigenvalue weighted by Crippen LogP contribution is 2.39. The summed E-state index contributed by atoms with van der Waals surface area (Å²) in [6.07, 6.45) is 23.7. The van der Waals surface area contributed by atoms with Crippen LogP contribution in [0.15, 0.2) is 223 Å². The molecule has 0 fully saturated rings. The van der Waals surface area contributed by atoms with Crippen molar-refractivity contribution in [1.29, 1.82) is 0 Å². The molecule has 0 spiro atoms. The predicted octanol–water partition coefficient (Wildman–Crippen LogP) is 14.9. The van der Waals surface area contributed by atoms with E-state index in [2.05, 4.69) is 216 Å². The van der Waals surface area contributed by atoms with Crippen molar-refractivity contribution in [3.05, 3.63) is 229 Å². The van der Waals surface area contributed by atoms with E-state index >= 15 is 0 Å². The Kier molecular flexibility index (Phi) is 10.4. The van der Waals surface area contributed by atoms with Crippen molar-refractivity contribution in [2.45, 2.75) is 44.4 Å². The fourth-order valence-electron chi connectivity index (χ4n) is 8.52. The maximum Gasteiger partial charge on any atom is 0.0462 e. The Morgan fingerprint density at radius 3 is 1.50 bits per heavy atom. The summed E-state index contributed by atoms with van der Waals surface area (Å²) in [5.74, 6) is 0.942. The molecule has 274 valence electrons. The molecule has 2 unspecified atom stereocenters. The smallest absolute Gasteiger partial charge is 0.0462 e. The van der Waals surface area contributed by atoms with E-state index in [1.165, 1.54) is 64.2 Å². The quantitative estimate of drug-likeness (QED) is 0.130. The molecule has 6 aromatic carbocycles. The van der Waals surface area contributed by atoms with Crippen LogP contribution >= 0.6 is 0 Å². The van der Waals surface area contributed by atoms with Gasteiger partial charge in [0.2, 0.25) is 0 Å². The molecule has 0 radical (unpaired) electrons. The third-order valence-electron chi connectivity index (χ3n) is 11.6. The fraction of sp³-hybridized carbons (Fsp3) is 0.148. The van der Waals surface area contributed by atoms with Crippen LogP contribution in [0.2, 0.25) is 0 Å². The van der Waals surface area contributed by atoms with Gasteiger partial charge in [-0.3, -0.25) is 0 Å². The van der Waals surface area contributed by atoms with Gasteiger partial charge < -0.3 is 9.80 Å². The summed E-state index contributed by atoms with van der Waals surface area (Å²) in [5, 5.41) is 0. The fourth-order valence-corrected chi connectivity index (χ4v) is 8.52. The molecule has 0 saturated heterocycles. The predicted molar refractivity (Wildman–Crippen MR) is 237 cm³/mol. The van der Waals surface area contributed by atoms with Crippen molar-refractivity contribution >= 4 is 22.7 Å². The lowest BCUT2D eigenvalue weighted by atomic mass is 9.84. The first-order valence-electron chi connectivity index (χ1n) is 20.3. The summed E-state index contributed by atoms with van der Waals surface area (Å²) in [6, 6.07) is 59.1. The molecule has 56 heavy (non-hydrogen) atoms. The zero-order valence-electron chi connectivity index (χ0n) is 31.9. The number of hydrogen-bond donors (Lipinski definition) is 0. The van der Waals surface area contributed by atoms with E-state index in [-0.39, 0.29) is 0 Å². The Hall–Kier alpha value is -6.38. The van der Waals surface area contributed by atoms with E-state index in [4.69, 9.17) is 0 Å². The summed E-state index contributed by atoms with van der Waals surface area (Å²) in [4.78, 5) is 4.80. The van der Waals surface area contributed by atoms with Gasteiger partial charge in [-0.1, -0.05) is 151 Å². The molecule has 3 aliphatic carbocycles. The topological polar surface area (TPSA) is 6.48 Å². The van der Waals surface area contributed by atoms with Gasteiger partial charge in [0, 0.05) is 40.1 Å². The Morgan fingerprint density at radius 1 is 0.446 bits per heavy atom. The molecule has 0 amide bonds. The third kappa shape index (κ3) is 7.74. The molecule has 2 nitrogen and oxygen atoms in total. The molecule has 2 atom stereocenters. The van der Waals surface area contributed by atoms with Crippen LogP contribution in [0.5, 0.6) is 0 Å². The van der Waals surface area contributed by atoms with Crippen molar-refractivity contribution in [2.75, 3.05) is 9.80 Å². The monoisotopic (exact) mass is 724 g/mol. The van der Waals surface area contributed by atoms with Crippen LogP contribution in [0.3, 0.4) is 0 Å². The number of nitrogens with zero attached hydrogens (tertiary/aromatic N) is 2. The van der Waals surface area contributed by atoms with Gasteiger partial charge in [-0.05, 0) is 133 Å². The van der Waals surface area contributed by atoms with Gasteiger partial charge in [0.1, 0.15) is 0 Å². The molecule has 0 heterocycles. The van der Waals surface area contributed by atoms with E-state index in [9.17, 15) is 0 Å². The molecule has 9 rings (SSSR count). The van der Waals surface area contributed by atoms with Gasteiger partial charge in [-0.2, -0.15) is 0 Å². The summed E-state index contributed by atoms with van der Waals surface area (Å²) in [7, 11) is 0. The molecule has 6 aromatic rings.